The van der Waals surface area contributed by atoms with E-state index >= 15 is 0 Å². The molecular formula is C20H22N2. The predicted molar refractivity (Wildman–Crippen MR) is 95.1 cm³/mol. The summed E-state index contributed by atoms with van der Waals surface area (Å²) in [6, 6.07) is 21.0. The molecule has 2 aromatic rings. The van der Waals surface area contributed by atoms with Crippen LogP contribution in [0.25, 0.3) is 5.57 Å². The van der Waals surface area contributed by atoms with Crippen molar-refractivity contribution >= 4 is 17.0 Å². The molecule has 2 aromatic carbocycles. The van der Waals surface area contributed by atoms with E-state index in [2.05, 4.69) is 81.1 Å². The minimum Gasteiger partial charge on any atom is -0.320 e. The molecule has 0 N–H and O–H groups in total. The third-order valence-electron chi connectivity index (χ3n) is 4.12. The largest absolute Gasteiger partial charge is 0.320 e. The lowest BCUT2D eigenvalue weighted by Gasteiger charge is -2.42. The molecule has 112 valence electrons. The van der Waals surface area contributed by atoms with Crippen molar-refractivity contribution in [3.63, 3.8) is 0 Å². The maximum atomic E-state index is 4.97. The monoisotopic (exact) mass is 290 g/mol. The molecule has 0 saturated carbocycles. The van der Waals surface area contributed by atoms with Gasteiger partial charge in [0, 0.05) is 22.7 Å². The number of para-hydroxylation sites is 1. The molecule has 2 heteroatoms. The van der Waals surface area contributed by atoms with E-state index in [1.165, 1.54) is 22.5 Å². The summed E-state index contributed by atoms with van der Waals surface area (Å²) in [6.45, 7) is 8.62. The Morgan fingerprint density at radius 3 is 1.95 bits per heavy atom. The predicted octanol–water partition coefficient (Wildman–Crippen LogP) is 5.13. The summed E-state index contributed by atoms with van der Waals surface area (Å²) in [7, 11) is 0. The Hall–Kier alpha value is -2.35. The average Bonchev–Trinajstić information content (AvgIpc) is 2.48. The van der Waals surface area contributed by atoms with Gasteiger partial charge in [0.05, 0.1) is 0 Å². The fourth-order valence-corrected chi connectivity index (χ4v) is 3.41. The minimum atomic E-state index is -0.284. The molecule has 2 nitrogen and oxygen atoms in total. The number of rotatable bonds is 2. The fraction of sp³-hybridized carbons (Fsp3) is 0.250. The molecule has 1 aliphatic rings. The first-order valence-electron chi connectivity index (χ1n) is 7.69. The Kier molecular flexibility index (Phi) is 3.61. The van der Waals surface area contributed by atoms with Gasteiger partial charge in [-0.15, -0.1) is 0 Å². The number of aliphatic imine (C=N–C) groups is 1. The summed E-state index contributed by atoms with van der Waals surface area (Å²) >= 11 is 0. The van der Waals surface area contributed by atoms with Gasteiger partial charge in [0.15, 0.2) is 0 Å². The quantitative estimate of drug-likeness (QED) is 0.748. The molecule has 0 radical (unpaired) electrons. The lowest BCUT2D eigenvalue weighted by atomic mass is 9.94. The maximum absolute atomic E-state index is 4.97. The summed E-state index contributed by atoms with van der Waals surface area (Å²) in [4.78, 5) is 7.29. The molecule has 0 saturated heterocycles. The molecule has 0 aromatic heterocycles. The Bertz CT molecular complexity index is 725. The number of nitrogens with zero attached hydrogens (tertiary/aromatic N) is 2. The lowest BCUT2D eigenvalue weighted by Crippen LogP contribution is -2.45. The molecule has 3 rings (SSSR count). The summed E-state index contributed by atoms with van der Waals surface area (Å²) in [5, 5.41) is 0. The van der Waals surface area contributed by atoms with Crippen molar-refractivity contribution in [3.05, 3.63) is 71.9 Å². The number of benzene rings is 2. The summed E-state index contributed by atoms with van der Waals surface area (Å²) in [5.41, 5.74) is 5.68. The van der Waals surface area contributed by atoms with Crippen LogP contribution in [0.5, 0.6) is 0 Å². The molecule has 0 spiro atoms. The van der Waals surface area contributed by atoms with Gasteiger partial charge in [-0.25, -0.2) is 0 Å². The molecule has 0 atom stereocenters. The van der Waals surface area contributed by atoms with Crippen molar-refractivity contribution in [2.75, 3.05) is 4.90 Å². The SMILES string of the molecule is CC1=NC(C)(C)N(c2ccccc2)C(C)=C1c1ccccc1. The first-order chi connectivity index (χ1) is 10.5. The number of allylic oxidation sites excluding steroid dienone is 2. The molecule has 1 heterocycles. The van der Waals surface area contributed by atoms with E-state index < -0.39 is 0 Å². The molecule has 0 unspecified atom stereocenters. The Balaban J connectivity index is 2.19. The van der Waals surface area contributed by atoms with Gasteiger partial charge in [-0.3, -0.25) is 4.99 Å². The highest BCUT2D eigenvalue weighted by Gasteiger charge is 2.33. The first-order valence-corrected chi connectivity index (χ1v) is 7.69. The zero-order valence-electron chi connectivity index (χ0n) is 13.7. The van der Waals surface area contributed by atoms with E-state index in [1.807, 2.05) is 12.1 Å². The van der Waals surface area contributed by atoms with Crippen molar-refractivity contribution < 1.29 is 0 Å². The van der Waals surface area contributed by atoms with Crippen molar-refractivity contribution in [2.24, 2.45) is 4.99 Å². The zero-order valence-corrected chi connectivity index (χ0v) is 13.7. The average molecular weight is 290 g/mol. The van der Waals surface area contributed by atoms with E-state index in [0.717, 1.165) is 5.71 Å². The fourth-order valence-electron chi connectivity index (χ4n) is 3.41. The molecule has 0 bridgehead atoms. The smallest absolute Gasteiger partial charge is 0.130 e. The van der Waals surface area contributed by atoms with E-state index in [4.69, 9.17) is 4.99 Å². The highest BCUT2D eigenvalue weighted by Crippen LogP contribution is 2.37. The third-order valence-corrected chi connectivity index (χ3v) is 4.12. The second-order valence-electron chi connectivity index (χ2n) is 6.19. The molecule has 22 heavy (non-hydrogen) atoms. The van der Waals surface area contributed by atoms with E-state index in [1.54, 1.807) is 0 Å². The number of anilines is 1. The van der Waals surface area contributed by atoms with Gasteiger partial charge in [0.1, 0.15) is 5.66 Å². The Labute approximate surface area is 132 Å². The zero-order chi connectivity index (χ0) is 15.7. The summed E-state index contributed by atoms with van der Waals surface area (Å²) in [6.07, 6.45) is 0. The van der Waals surface area contributed by atoms with E-state index in [0.29, 0.717) is 0 Å². The summed E-state index contributed by atoms with van der Waals surface area (Å²) in [5.74, 6) is 0. The van der Waals surface area contributed by atoms with Crippen LogP contribution in [0.1, 0.15) is 33.3 Å². The van der Waals surface area contributed by atoms with Crippen LogP contribution in [-0.2, 0) is 0 Å². The molecule has 0 aliphatic carbocycles. The van der Waals surface area contributed by atoms with Crippen molar-refractivity contribution in [1.82, 2.24) is 0 Å². The van der Waals surface area contributed by atoms with E-state index in [-0.39, 0.29) is 5.66 Å². The normalized spacial score (nSPS) is 17.5. The lowest BCUT2D eigenvalue weighted by molar-refractivity contribution is 0.512. The van der Waals surface area contributed by atoms with Crippen LogP contribution >= 0.6 is 0 Å². The first kappa shape index (κ1) is 14.6. The number of hydrogen-bond donors (Lipinski definition) is 0. The van der Waals surface area contributed by atoms with Crippen molar-refractivity contribution in [3.8, 4) is 0 Å². The van der Waals surface area contributed by atoms with Gasteiger partial charge < -0.3 is 4.90 Å². The molecule has 0 amide bonds. The van der Waals surface area contributed by atoms with Crippen LogP contribution in [0.15, 0.2) is 71.4 Å². The van der Waals surface area contributed by atoms with Gasteiger partial charge in [0.25, 0.3) is 0 Å². The molecule has 1 aliphatic heterocycles. The van der Waals surface area contributed by atoms with Crippen LogP contribution in [0.2, 0.25) is 0 Å². The third kappa shape index (κ3) is 2.45. The topological polar surface area (TPSA) is 15.6 Å². The Morgan fingerprint density at radius 1 is 0.818 bits per heavy atom. The van der Waals surface area contributed by atoms with Crippen molar-refractivity contribution in [2.45, 2.75) is 33.4 Å². The second kappa shape index (κ2) is 5.45. The van der Waals surface area contributed by atoms with Gasteiger partial charge in [-0.2, -0.15) is 0 Å². The molecule has 0 fully saturated rings. The van der Waals surface area contributed by atoms with Crippen LogP contribution in [0.4, 0.5) is 5.69 Å². The highest BCUT2D eigenvalue weighted by molar-refractivity contribution is 6.25. The van der Waals surface area contributed by atoms with Gasteiger partial charge in [-0.1, -0.05) is 48.5 Å². The molecular weight excluding hydrogens is 268 g/mol. The minimum absolute atomic E-state index is 0.284. The van der Waals surface area contributed by atoms with E-state index in [9.17, 15) is 0 Å². The van der Waals surface area contributed by atoms with Gasteiger partial charge in [0.2, 0.25) is 0 Å². The van der Waals surface area contributed by atoms with Crippen LogP contribution in [-0.4, -0.2) is 11.4 Å². The van der Waals surface area contributed by atoms with Crippen molar-refractivity contribution in [1.29, 1.82) is 0 Å². The van der Waals surface area contributed by atoms with Crippen LogP contribution in [0, 0.1) is 0 Å². The van der Waals surface area contributed by atoms with Gasteiger partial charge in [-0.05, 0) is 45.4 Å². The van der Waals surface area contributed by atoms with Gasteiger partial charge >= 0.3 is 0 Å². The number of hydrogen-bond acceptors (Lipinski definition) is 2. The highest BCUT2D eigenvalue weighted by atomic mass is 15.3. The Morgan fingerprint density at radius 2 is 1.36 bits per heavy atom. The van der Waals surface area contributed by atoms with Crippen LogP contribution < -0.4 is 4.90 Å². The van der Waals surface area contributed by atoms with Crippen LogP contribution in [0.3, 0.4) is 0 Å². The standard InChI is InChI=1S/C20H22N2/c1-15-19(17-11-7-5-8-12-17)16(2)22(20(3,4)21-15)18-13-9-6-10-14-18/h5-14H,1-4H3. The maximum Gasteiger partial charge on any atom is 0.130 e. The summed E-state index contributed by atoms with van der Waals surface area (Å²) < 4.78 is 0. The second-order valence-corrected chi connectivity index (χ2v) is 6.19.